The van der Waals surface area contributed by atoms with E-state index in [1.165, 1.54) is 0 Å². The molecule has 24 heavy (non-hydrogen) atoms. The van der Waals surface area contributed by atoms with Crippen LogP contribution in [0.5, 0.6) is 0 Å². The normalized spacial score (nSPS) is 22.0. The number of likely N-dealkylation sites (tertiary alicyclic amines) is 1. The summed E-state index contributed by atoms with van der Waals surface area (Å²) >= 11 is 3.46. The molecule has 5 nitrogen and oxygen atoms in total. The van der Waals surface area contributed by atoms with Crippen molar-refractivity contribution in [2.75, 3.05) is 24.5 Å². The number of ether oxygens (including phenoxy) is 1. The van der Waals surface area contributed by atoms with Crippen LogP contribution in [0.15, 0.2) is 53.3 Å². The number of anilines is 1. The lowest BCUT2D eigenvalue weighted by Gasteiger charge is -2.45. The lowest BCUT2D eigenvalue weighted by atomic mass is 9.91. The lowest BCUT2D eigenvalue weighted by molar-refractivity contribution is 0.103. The van der Waals surface area contributed by atoms with Crippen molar-refractivity contribution in [2.24, 2.45) is 5.92 Å². The Morgan fingerprint density at radius 1 is 1.21 bits per heavy atom. The van der Waals surface area contributed by atoms with E-state index in [4.69, 9.17) is 4.74 Å². The second-order valence-corrected chi connectivity index (χ2v) is 7.20. The number of benzene rings is 1. The fraction of sp³-hybridized carbons (Fsp3) is 0.333. The van der Waals surface area contributed by atoms with Crippen LogP contribution in [0.3, 0.4) is 0 Å². The number of carbonyl (C=O) groups is 1. The van der Waals surface area contributed by atoms with Gasteiger partial charge in [-0.15, -0.1) is 0 Å². The number of pyridine rings is 1. The molecule has 4 rings (SSSR count). The van der Waals surface area contributed by atoms with Gasteiger partial charge in [0.15, 0.2) is 0 Å². The van der Waals surface area contributed by atoms with E-state index in [1.807, 2.05) is 41.4 Å². The highest BCUT2D eigenvalue weighted by Crippen LogP contribution is 2.37. The zero-order chi connectivity index (χ0) is 16.5. The van der Waals surface area contributed by atoms with E-state index in [1.54, 1.807) is 6.20 Å². The Bertz CT molecular complexity index is 740. The molecular formula is C18H18BrN3O2. The molecule has 1 amide bonds. The molecule has 6 heteroatoms. The molecule has 1 aromatic carbocycles. The number of hydrogen-bond donors (Lipinski definition) is 0. The summed E-state index contributed by atoms with van der Waals surface area (Å²) in [4.78, 5) is 20.7. The van der Waals surface area contributed by atoms with Gasteiger partial charge in [-0.3, -0.25) is 4.98 Å². The Morgan fingerprint density at radius 2 is 2.04 bits per heavy atom. The molecule has 0 aliphatic carbocycles. The Morgan fingerprint density at radius 3 is 2.83 bits per heavy atom. The molecule has 0 saturated carbocycles. The molecular weight excluding hydrogens is 370 g/mol. The summed E-state index contributed by atoms with van der Waals surface area (Å²) in [6.07, 6.45) is 3.43. The van der Waals surface area contributed by atoms with Crippen LogP contribution in [0.4, 0.5) is 10.5 Å². The minimum absolute atomic E-state index is 0.222. The number of aromatic nitrogens is 1. The van der Waals surface area contributed by atoms with E-state index in [0.29, 0.717) is 25.1 Å². The summed E-state index contributed by atoms with van der Waals surface area (Å²) in [7, 11) is 0. The maximum absolute atomic E-state index is 12.3. The van der Waals surface area contributed by atoms with Crippen LogP contribution in [0, 0.1) is 5.92 Å². The van der Waals surface area contributed by atoms with E-state index in [0.717, 1.165) is 28.8 Å². The standard InChI is InChI=1S/C18H18BrN3O2/c19-15-6-16(8-20-7-15)22-10-14-9-21(11-17(14)22)18(23)24-12-13-4-2-1-3-5-13/h1-8,14,17H,9-12H2/t14-,17-/m1/s1. The Balaban J connectivity index is 1.34. The van der Waals surface area contributed by atoms with Gasteiger partial charge in [0, 0.05) is 36.2 Å². The number of hydrogen-bond acceptors (Lipinski definition) is 4. The minimum Gasteiger partial charge on any atom is -0.445 e. The number of halogens is 1. The van der Waals surface area contributed by atoms with Gasteiger partial charge < -0.3 is 14.5 Å². The van der Waals surface area contributed by atoms with Crippen molar-refractivity contribution in [3.8, 4) is 0 Å². The van der Waals surface area contributed by atoms with Gasteiger partial charge in [-0.25, -0.2) is 4.79 Å². The molecule has 2 aromatic rings. The molecule has 0 N–H and O–H groups in total. The fourth-order valence-electron chi connectivity index (χ4n) is 3.45. The molecule has 2 aliphatic rings. The lowest BCUT2D eigenvalue weighted by Crippen LogP contribution is -2.55. The molecule has 0 radical (unpaired) electrons. The first-order valence-corrected chi connectivity index (χ1v) is 8.83. The molecule has 0 bridgehead atoms. The number of amides is 1. The topological polar surface area (TPSA) is 45.7 Å². The van der Waals surface area contributed by atoms with E-state index in [9.17, 15) is 4.79 Å². The van der Waals surface area contributed by atoms with Crippen molar-refractivity contribution in [3.63, 3.8) is 0 Å². The smallest absolute Gasteiger partial charge is 0.410 e. The van der Waals surface area contributed by atoms with Crippen LogP contribution in [-0.2, 0) is 11.3 Å². The van der Waals surface area contributed by atoms with E-state index in [2.05, 4.69) is 31.9 Å². The molecule has 124 valence electrons. The summed E-state index contributed by atoms with van der Waals surface area (Å²) in [6, 6.07) is 12.2. The van der Waals surface area contributed by atoms with E-state index in [-0.39, 0.29) is 6.09 Å². The average Bonchev–Trinajstić information content (AvgIpc) is 2.91. The largest absolute Gasteiger partial charge is 0.445 e. The highest BCUT2D eigenvalue weighted by atomic mass is 79.9. The highest BCUT2D eigenvalue weighted by Gasteiger charge is 2.47. The zero-order valence-corrected chi connectivity index (χ0v) is 14.7. The average molecular weight is 388 g/mol. The first-order chi connectivity index (χ1) is 11.7. The van der Waals surface area contributed by atoms with Crippen LogP contribution in [0.2, 0.25) is 0 Å². The maximum Gasteiger partial charge on any atom is 0.410 e. The second kappa shape index (κ2) is 6.43. The third-order valence-electron chi connectivity index (χ3n) is 4.72. The molecule has 0 spiro atoms. The van der Waals surface area contributed by atoms with Crippen molar-refractivity contribution in [2.45, 2.75) is 12.6 Å². The first kappa shape index (κ1) is 15.4. The first-order valence-electron chi connectivity index (χ1n) is 8.03. The number of nitrogens with zero attached hydrogens (tertiary/aromatic N) is 3. The van der Waals surface area contributed by atoms with Gasteiger partial charge >= 0.3 is 6.09 Å². The van der Waals surface area contributed by atoms with Crippen molar-refractivity contribution in [1.29, 1.82) is 0 Å². The highest BCUT2D eigenvalue weighted by molar-refractivity contribution is 9.10. The van der Waals surface area contributed by atoms with Gasteiger partial charge in [0.05, 0.1) is 17.9 Å². The minimum atomic E-state index is -0.222. The van der Waals surface area contributed by atoms with Crippen molar-refractivity contribution < 1.29 is 9.53 Å². The van der Waals surface area contributed by atoms with Crippen LogP contribution in [0.1, 0.15) is 5.56 Å². The van der Waals surface area contributed by atoms with Gasteiger partial charge in [0.1, 0.15) is 6.61 Å². The third kappa shape index (κ3) is 2.98. The molecule has 2 saturated heterocycles. The zero-order valence-electron chi connectivity index (χ0n) is 13.1. The van der Waals surface area contributed by atoms with Crippen molar-refractivity contribution >= 4 is 27.7 Å². The van der Waals surface area contributed by atoms with Crippen molar-refractivity contribution in [3.05, 3.63) is 58.8 Å². The Hall–Kier alpha value is -2.08. The van der Waals surface area contributed by atoms with Gasteiger partial charge in [-0.1, -0.05) is 30.3 Å². The van der Waals surface area contributed by atoms with Gasteiger partial charge in [0.25, 0.3) is 0 Å². The summed E-state index contributed by atoms with van der Waals surface area (Å²) < 4.78 is 6.42. The van der Waals surface area contributed by atoms with Crippen LogP contribution < -0.4 is 4.90 Å². The number of rotatable bonds is 3. The van der Waals surface area contributed by atoms with Crippen LogP contribution in [0.25, 0.3) is 0 Å². The molecule has 2 aliphatic heterocycles. The second-order valence-electron chi connectivity index (χ2n) is 6.29. The Kier molecular flexibility index (Phi) is 4.14. The summed E-state index contributed by atoms with van der Waals surface area (Å²) in [5.74, 6) is 0.522. The van der Waals surface area contributed by atoms with Crippen LogP contribution >= 0.6 is 15.9 Å². The van der Waals surface area contributed by atoms with Gasteiger partial charge in [-0.05, 0) is 27.6 Å². The number of fused-ring (bicyclic) bond motifs is 1. The molecule has 2 fully saturated rings. The molecule has 2 atom stereocenters. The quantitative estimate of drug-likeness (QED) is 0.810. The number of carbonyl (C=O) groups excluding carboxylic acids is 1. The fourth-order valence-corrected chi connectivity index (χ4v) is 3.80. The third-order valence-corrected chi connectivity index (χ3v) is 5.16. The summed E-state index contributed by atoms with van der Waals surface area (Å²) in [6.45, 7) is 2.77. The molecule has 3 heterocycles. The Labute approximate surface area is 149 Å². The molecule has 1 aromatic heterocycles. The molecule has 0 unspecified atom stereocenters. The van der Waals surface area contributed by atoms with Crippen molar-refractivity contribution in [1.82, 2.24) is 9.88 Å². The monoisotopic (exact) mass is 387 g/mol. The summed E-state index contributed by atoms with van der Waals surface area (Å²) in [5, 5.41) is 0. The van der Waals surface area contributed by atoms with Gasteiger partial charge in [0.2, 0.25) is 0 Å². The maximum atomic E-state index is 12.3. The summed E-state index contributed by atoms with van der Waals surface area (Å²) in [5.41, 5.74) is 2.11. The predicted molar refractivity (Wildman–Crippen MR) is 94.8 cm³/mol. The predicted octanol–water partition coefficient (Wildman–Crippen LogP) is 3.30. The van der Waals surface area contributed by atoms with E-state index >= 15 is 0 Å². The van der Waals surface area contributed by atoms with E-state index < -0.39 is 0 Å². The van der Waals surface area contributed by atoms with Crippen LogP contribution in [-0.4, -0.2) is 41.7 Å². The SMILES string of the molecule is O=C(OCc1ccccc1)N1C[C@@H]2CN(c3cncc(Br)c3)[C@@H]2C1. The van der Waals surface area contributed by atoms with Gasteiger partial charge in [-0.2, -0.15) is 0 Å².